The number of aryl methyl sites for hydroxylation is 2. The molecule has 8 heteroatoms. The van der Waals surface area contributed by atoms with Gasteiger partial charge in [-0.25, -0.2) is 4.98 Å². The minimum Gasteiger partial charge on any atom is -0.383 e. The van der Waals surface area contributed by atoms with Gasteiger partial charge in [0.15, 0.2) is 0 Å². The highest BCUT2D eigenvalue weighted by Gasteiger charge is 2.27. The van der Waals surface area contributed by atoms with Crippen LogP contribution < -0.4 is 10.2 Å². The zero-order chi connectivity index (χ0) is 19.4. The predicted octanol–water partition coefficient (Wildman–Crippen LogP) is 2.10. The second-order valence-electron chi connectivity index (χ2n) is 7.61. The van der Waals surface area contributed by atoms with E-state index in [1.54, 1.807) is 7.11 Å². The van der Waals surface area contributed by atoms with Gasteiger partial charge in [0, 0.05) is 39.6 Å². The van der Waals surface area contributed by atoms with E-state index < -0.39 is 0 Å². The zero-order valence-corrected chi connectivity index (χ0v) is 16.6. The topological polar surface area (TPSA) is 93.4 Å². The van der Waals surface area contributed by atoms with E-state index in [1.807, 2.05) is 6.92 Å². The van der Waals surface area contributed by atoms with Crippen LogP contribution in [0.4, 0.5) is 5.82 Å². The summed E-state index contributed by atoms with van der Waals surface area (Å²) in [6, 6.07) is 0. The monoisotopic (exact) mass is 375 g/mol. The summed E-state index contributed by atoms with van der Waals surface area (Å²) >= 11 is 0. The molecule has 1 saturated heterocycles. The Kier molecular flexibility index (Phi) is 6.26. The molecule has 148 valence electrons. The Morgan fingerprint density at radius 2 is 2.04 bits per heavy atom. The molecular weight excluding hydrogens is 346 g/mol. The molecule has 1 fully saturated rings. The molecule has 0 saturated carbocycles. The fourth-order valence-electron chi connectivity index (χ4n) is 3.79. The van der Waals surface area contributed by atoms with E-state index in [0.29, 0.717) is 49.4 Å². The summed E-state index contributed by atoms with van der Waals surface area (Å²) in [5, 5.41) is 7.78. The van der Waals surface area contributed by atoms with E-state index in [-0.39, 0.29) is 5.91 Å². The third kappa shape index (κ3) is 4.74. The van der Waals surface area contributed by atoms with Crippen molar-refractivity contribution in [1.82, 2.24) is 20.4 Å². The fraction of sp³-hybridized carbons (Fsp3) is 0.684. The van der Waals surface area contributed by atoms with Crippen LogP contribution in [0.25, 0.3) is 11.1 Å². The molecule has 2 atom stereocenters. The van der Waals surface area contributed by atoms with Crippen LogP contribution in [0.1, 0.15) is 38.2 Å². The van der Waals surface area contributed by atoms with Gasteiger partial charge in [-0.05, 0) is 25.2 Å². The lowest BCUT2D eigenvalue weighted by atomic mass is 9.92. The molecule has 0 radical (unpaired) electrons. The van der Waals surface area contributed by atoms with Crippen molar-refractivity contribution >= 4 is 22.8 Å². The van der Waals surface area contributed by atoms with Gasteiger partial charge in [-0.15, -0.1) is 0 Å². The Balaban J connectivity index is 1.80. The van der Waals surface area contributed by atoms with Gasteiger partial charge in [0.1, 0.15) is 17.0 Å². The number of carbonyl (C=O) groups excluding carboxylic acids is 1. The van der Waals surface area contributed by atoms with Crippen molar-refractivity contribution in [3.05, 3.63) is 11.5 Å². The molecule has 27 heavy (non-hydrogen) atoms. The van der Waals surface area contributed by atoms with E-state index in [1.165, 1.54) is 6.42 Å². The van der Waals surface area contributed by atoms with Gasteiger partial charge in [0.25, 0.3) is 5.71 Å². The third-order valence-electron chi connectivity index (χ3n) is 4.91. The summed E-state index contributed by atoms with van der Waals surface area (Å²) in [7, 11) is 1.61. The van der Waals surface area contributed by atoms with Crippen LogP contribution in [-0.2, 0) is 16.0 Å². The predicted molar refractivity (Wildman–Crippen MR) is 103 cm³/mol. The molecule has 0 spiro atoms. The number of anilines is 1. The molecule has 1 aliphatic heterocycles. The van der Waals surface area contributed by atoms with Crippen molar-refractivity contribution in [2.45, 2.75) is 40.0 Å². The molecule has 1 amide bonds. The number of carbonyl (C=O) groups is 1. The van der Waals surface area contributed by atoms with Gasteiger partial charge in [-0.3, -0.25) is 4.79 Å². The van der Waals surface area contributed by atoms with Crippen LogP contribution in [0.15, 0.2) is 4.52 Å². The number of ether oxygens (including phenoxy) is 1. The Morgan fingerprint density at radius 1 is 1.30 bits per heavy atom. The van der Waals surface area contributed by atoms with Crippen LogP contribution >= 0.6 is 0 Å². The van der Waals surface area contributed by atoms with Crippen LogP contribution in [0.3, 0.4) is 0 Å². The van der Waals surface area contributed by atoms with E-state index in [4.69, 9.17) is 14.2 Å². The average molecular weight is 375 g/mol. The minimum atomic E-state index is -0.0359. The Morgan fingerprint density at radius 3 is 2.74 bits per heavy atom. The Hall–Kier alpha value is -2.22. The van der Waals surface area contributed by atoms with E-state index >= 15 is 0 Å². The van der Waals surface area contributed by atoms with E-state index in [0.717, 1.165) is 30.0 Å². The number of aromatic nitrogens is 3. The molecule has 0 aromatic carbocycles. The maximum atomic E-state index is 12.0. The molecule has 1 N–H and O–H groups in total. The second kappa shape index (κ2) is 8.65. The number of rotatable bonds is 7. The fourth-order valence-corrected chi connectivity index (χ4v) is 3.79. The normalized spacial score (nSPS) is 20.2. The molecule has 2 aromatic rings. The van der Waals surface area contributed by atoms with Gasteiger partial charge in [0.05, 0.1) is 12.3 Å². The van der Waals surface area contributed by atoms with Gasteiger partial charge >= 0.3 is 0 Å². The summed E-state index contributed by atoms with van der Waals surface area (Å²) < 4.78 is 10.4. The van der Waals surface area contributed by atoms with Crippen LogP contribution in [0.2, 0.25) is 0 Å². The first-order valence-electron chi connectivity index (χ1n) is 9.61. The summed E-state index contributed by atoms with van der Waals surface area (Å²) in [6.45, 7) is 9.38. The molecule has 0 bridgehead atoms. The molecule has 0 unspecified atom stereocenters. The second-order valence-corrected chi connectivity index (χ2v) is 7.61. The number of hydrogen-bond donors (Lipinski definition) is 1. The van der Waals surface area contributed by atoms with E-state index in [9.17, 15) is 4.79 Å². The van der Waals surface area contributed by atoms with Crippen molar-refractivity contribution in [2.75, 3.05) is 38.3 Å². The van der Waals surface area contributed by atoms with Gasteiger partial charge in [-0.1, -0.05) is 19.0 Å². The van der Waals surface area contributed by atoms with Gasteiger partial charge < -0.3 is 19.5 Å². The standard InChI is InChI=1S/C19H29N5O3/c1-12-9-13(2)11-24(10-12)18-17-14(3)23-27-19(17)22-15(21-18)5-6-16(25)20-7-8-26-4/h12-13H,5-11H2,1-4H3,(H,20,25)/t12-,13-/m0/s1. The quantitative estimate of drug-likeness (QED) is 0.741. The lowest BCUT2D eigenvalue weighted by molar-refractivity contribution is -0.121. The SMILES string of the molecule is COCCNC(=O)CCc1nc(N2C[C@@H](C)C[C@H](C)C2)c2c(C)noc2n1. The minimum absolute atomic E-state index is 0.0359. The number of methoxy groups -OCH3 is 1. The molecule has 0 aliphatic carbocycles. The molecule has 2 aromatic heterocycles. The lowest BCUT2D eigenvalue weighted by Crippen LogP contribution is -2.39. The maximum absolute atomic E-state index is 12.0. The Labute approximate surface area is 159 Å². The summed E-state index contributed by atoms with van der Waals surface area (Å²) in [5.41, 5.74) is 1.30. The summed E-state index contributed by atoms with van der Waals surface area (Å²) in [4.78, 5) is 23.6. The first-order chi connectivity index (χ1) is 13.0. The number of nitrogens with zero attached hydrogens (tertiary/aromatic N) is 4. The highest BCUT2D eigenvalue weighted by atomic mass is 16.5. The number of hydrogen-bond acceptors (Lipinski definition) is 7. The molecule has 3 heterocycles. The zero-order valence-electron chi connectivity index (χ0n) is 16.6. The van der Waals surface area contributed by atoms with Crippen molar-refractivity contribution in [3.8, 4) is 0 Å². The first-order valence-corrected chi connectivity index (χ1v) is 9.61. The summed E-state index contributed by atoms with van der Waals surface area (Å²) in [5.74, 6) is 2.67. The highest BCUT2D eigenvalue weighted by molar-refractivity contribution is 5.88. The van der Waals surface area contributed by atoms with Crippen molar-refractivity contribution in [2.24, 2.45) is 11.8 Å². The highest BCUT2D eigenvalue weighted by Crippen LogP contribution is 2.31. The van der Waals surface area contributed by atoms with Crippen LogP contribution in [0, 0.1) is 18.8 Å². The van der Waals surface area contributed by atoms with Gasteiger partial charge in [0.2, 0.25) is 5.91 Å². The smallest absolute Gasteiger partial charge is 0.263 e. The number of amides is 1. The average Bonchev–Trinajstić information content (AvgIpc) is 3.00. The molecular formula is C19H29N5O3. The Bertz CT molecular complexity index is 781. The van der Waals surface area contributed by atoms with Crippen molar-refractivity contribution < 1.29 is 14.1 Å². The molecule has 1 aliphatic rings. The van der Waals surface area contributed by atoms with E-state index in [2.05, 4.69) is 34.2 Å². The van der Waals surface area contributed by atoms with Crippen LogP contribution in [-0.4, -0.2) is 54.4 Å². The number of nitrogens with one attached hydrogen (secondary N) is 1. The van der Waals surface area contributed by atoms with Crippen molar-refractivity contribution in [3.63, 3.8) is 0 Å². The van der Waals surface area contributed by atoms with Crippen molar-refractivity contribution in [1.29, 1.82) is 0 Å². The molecule has 3 rings (SSSR count). The summed E-state index contributed by atoms with van der Waals surface area (Å²) in [6.07, 6.45) is 2.01. The van der Waals surface area contributed by atoms with Gasteiger partial charge in [-0.2, -0.15) is 4.98 Å². The molecule has 8 nitrogen and oxygen atoms in total. The maximum Gasteiger partial charge on any atom is 0.263 e. The van der Waals surface area contributed by atoms with Crippen LogP contribution in [0.5, 0.6) is 0 Å². The lowest BCUT2D eigenvalue weighted by Gasteiger charge is -2.36. The number of piperidine rings is 1. The first kappa shape index (κ1) is 19.5. The number of fused-ring (bicyclic) bond motifs is 1. The third-order valence-corrected chi connectivity index (χ3v) is 4.91. The largest absolute Gasteiger partial charge is 0.383 e.